The van der Waals surface area contributed by atoms with E-state index in [1.807, 2.05) is 24.3 Å². The molecule has 3 fully saturated rings. The summed E-state index contributed by atoms with van der Waals surface area (Å²) in [5, 5.41) is 9.65. The second-order valence-corrected chi connectivity index (χ2v) is 12.1. The molecule has 7 rings (SSSR count). The molecule has 2 saturated heterocycles. The molecule has 5 heterocycles. The fraction of sp³-hybridized carbons (Fsp3) is 0.407. The van der Waals surface area contributed by atoms with Crippen LogP contribution in [-0.2, 0) is 11.3 Å². The molecule has 3 aromatic heterocycles. The number of aldehydes is 1. The zero-order valence-electron chi connectivity index (χ0n) is 20.3. The van der Waals surface area contributed by atoms with Crippen molar-refractivity contribution < 1.29 is 18.6 Å². The van der Waals surface area contributed by atoms with Crippen molar-refractivity contribution in [2.24, 2.45) is 0 Å². The molecule has 2 aliphatic heterocycles. The molecule has 2 unspecified atom stereocenters. The summed E-state index contributed by atoms with van der Waals surface area (Å²) >= 11 is 14.4. The summed E-state index contributed by atoms with van der Waals surface area (Å²) in [6.07, 6.45) is 6.95. The first-order valence-corrected chi connectivity index (χ1v) is 14.4. The molecule has 1 saturated carbocycles. The van der Waals surface area contributed by atoms with Crippen LogP contribution in [0.4, 0.5) is 6.01 Å². The fourth-order valence-electron chi connectivity index (χ4n) is 5.78. The van der Waals surface area contributed by atoms with Gasteiger partial charge in [-0.15, -0.1) is 11.3 Å². The summed E-state index contributed by atoms with van der Waals surface area (Å²) in [6, 6.07) is 10.1. The van der Waals surface area contributed by atoms with Crippen molar-refractivity contribution >= 4 is 46.8 Å². The third-order valence-electron chi connectivity index (χ3n) is 7.72. The summed E-state index contributed by atoms with van der Waals surface area (Å²) in [6.45, 7) is 0.401. The standard InChI is InChI=1S/C27H24Cl2N4O4S/c28-20-2-1-3-21(29)23(20)24-19(25(36-31-24)14-4-5-14)13-35-17-10-15-6-7-16(11-17)33(15)27-30-26(32-37-27)22-9-8-18(12-34)38-22/h1-3,8-9,12,14-17H,4-7,10-11,13H2. The lowest BCUT2D eigenvalue weighted by atomic mass is 9.99. The van der Waals surface area contributed by atoms with Gasteiger partial charge >= 0.3 is 6.01 Å². The van der Waals surface area contributed by atoms with Gasteiger partial charge in [0.25, 0.3) is 0 Å². The van der Waals surface area contributed by atoms with Gasteiger partial charge in [0, 0.05) is 29.1 Å². The van der Waals surface area contributed by atoms with E-state index in [0.29, 0.717) is 50.5 Å². The molecule has 0 spiro atoms. The van der Waals surface area contributed by atoms with Gasteiger partial charge < -0.3 is 18.7 Å². The fourth-order valence-corrected chi connectivity index (χ4v) is 7.11. The molecule has 8 nitrogen and oxygen atoms in total. The Balaban J connectivity index is 1.07. The lowest BCUT2D eigenvalue weighted by molar-refractivity contribution is 0.0138. The van der Waals surface area contributed by atoms with E-state index >= 15 is 0 Å². The van der Waals surface area contributed by atoms with E-state index in [-0.39, 0.29) is 18.2 Å². The van der Waals surface area contributed by atoms with Crippen LogP contribution in [0.5, 0.6) is 0 Å². The number of benzene rings is 1. The minimum atomic E-state index is 0.0927. The number of anilines is 1. The molecule has 2 atom stereocenters. The quantitative estimate of drug-likeness (QED) is 0.206. The van der Waals surface area contributed by atoms with E-state index in [9.17, 15) is 4.79 Å². The molecule has 0 radical (unpaired) electrons. The van der Waals surface area contributed by atoms with Crippen molar-refractivity contribution in [2.45, 2.75) is 69.2 Å². The van der Waals surface area contributed by atoms with Gasteiger partial charge in [-0.3, -0.25) is 4.79 Å². The Labute approximate surface area is 232 Å². The maximum atomic E-state index is 11.0. The molecule has 38 heavy (non-hydrogen) atoms. The van der Waals surface area contributed by atoms with Crippen LogP contribution in [0.25, 0.3) is 22.0 Å². The normalized spacial score (nSPS) is 22.8. The number of hydrogen-bond donors (Lipinski definition) is 0. The first-order valence-electron chi connectivity index (χ1n) is 12.8. The average Bonchev–Trinajstić information content (AvgIpc) is 3.24. The number of hydrogen-bond acceptors (Lipinski definition) is 9. The number of aromatic nitrogens is 3. The van der Waals surface area contributed by atoms with Gasteiger partial charge in [0.1, 0.15) is 11.5 Å². The molecule has 11 heteroatoms. The van der Waals surface area contributed by atoms with Crippen molar-refractivity contribution in [3.8, 4) is 22.0 Å². The van der Waals surface area contributed by atoms with Gasteiger partial charge in [0.2, 0.25) is 5.82 Å². The minimum Gasteiger partial charge on any atom is -0.373 e. The van der Waals surface area contributed by atoms with E-state index in [1.165, 1.54) is 11.3 Å². The van der Waals surface area contributed by atoms with Gasteiger partial charge in [0.05, 0.1) is 32.5 Å². The van der Waals surface area contributed by atoms with Gasteiger partial charge in [-0.05, 0) is 62.8 Å². The topological polar surface area (TPSA) is 94.5 Å². The maximum Gasteiger partial charge on any atom is 0.324 e. The van der Waals surface area contributed by atoms with E-state index in [1.54, 1.807) is 6.07 Å². The Morgan fingerprint density at radius 1 is 1.03 bits per heavy atom. The van der Waals surface area contributed by atoms with Crippen molar-refractivity contribution in [1.82, 2.24) is 15.3 Å². The summed E-state index contributed by atoms with van der Waals surface area (Å²) in [7, 11) is 0. The Morgan fingerprint density at radius 3 is 2.47 bits per heavy atom. The van der Waals surface area contributed by atoms with Crippen LogP contribution in [0.3, 0.4) is 0 Å². The van der Waals surface area contributed by atoms with Gasteiger partial charge in [-0.1, -0.05) is 39.6 Å². The van der Waals surface area contributed by atoms with E-state index < -0.39 is 0 Å². The molecule has 1 aromatic carbocycles. The maximum absolute atomic E-state index is 11.0. The number of rotatable bonds is 8. The number of carbonyl (C=O) groups is 1. The SMILES string of the molecule is O=Cc1ccc(-c2noc(N3C4CCC3CC(OCc3c(-c5c(Cl)cccc5Cl)noc3C3CC3)C4)n2)s1. The highest BCUT2D eigenvalue weighted by Gasteiger charge is 2.44. The molecular formula is C27H24Cl2N4O4S. The number of fused-ring (bicyclic) bond motifs is 2. The van der Waals surface area contributed by atoms with Crippen LogP contribution in [-0.4, -0.2) is 39.8 Å². The minimum absolute atomic E-state index is 0.0927. The second kappa shape index (κ2) is 9.79. The molecule has 3 aliphatic rings. The molecule has 0 N–H and O–H groups in total. The summed E-state index contributed by atoms with van der Waals surface area (Å²) in [4.78, 5) is 19.4. The molecule has 1 aliphatic carbocycles. The Morgan fingerprint density at radius 2 is 1.79 bits per heavy atom. The van der Waals surface area contributed by atoms with Gasteiger partial charge in [0.15, 0.2) is 6.29 Å². The van der Waals surface area contributed by atoms with Crippen LogP contribution < -0.4 is 4.90 Å². The highest BCUT2D eigenvalue weighted by Crippen LogP contribution is 2.47. The Bertz CT molecular complexity index is 1460. The second-order valence-electron chi connectivity index (χ2n) is 10.2. The Hall–Kier alpha value is -2.72. The molecular weight excluding hydrogens is 547 g/mol. The monoisotopic (exact) mass is 570 g/mol. The lowest BCUT2D eigenvalue weighted by Crippen LogP contribution is -2.45. The smallest absolute Gasteiger partial charge is 0.324 e. The summed E-state index contributed by atoms with van der Waals surface area (Å²) < 4.78 is 18.0. The third-order valence-corrected chi connectivity index (χ3v) is 9.36. The van der Waals surface area contributed by atoms with E-state index in [2.05, 4.69) is 20.2 Å². The zero-order valence-corrected chi connectivity index (χ0v) is 22.6. The van der Waals surface area contributed by atoms with Crippen LogP contribution in [0.2, 0.25) is 10.0 Å². The predicted molar refractivity (Wildman–Crippen MR) is 144 cm³/mol. The van der Waals surface area contributed by atoms with Crippen LogP contribution in [0.1, 0.15) is 65.4 Å². The third kappa shape index (κ3) is 4.35. The van der Waals surface area contributed by atoms with Crippen molar-refractivity contribution in [2.75, 3.05) is 4.90 Å². The van der Waals surface area contributed by atoms with E-state index in [0.717, 1.165) is 61.0 Å². The zero-order chi connectivity index (χ0) is 25.8. The number of ether oxygens (including phenoxy) is 1. The van der Waals surface area contributed by atoms with Crippen LogP contribution in [0.15, 0.2) is 39.4 Å². The Kier molecular flexibility index (Phi) is 6.27. The first-order chi connectivity index (χ1) is 18.6. The largest absolute Gasteiger partial charge is 0.373 e. The predicted octanol–water partition coefficient (Wildman–Crippen LogP) is 7.17. The number of piperidine rings is 1. The molecule has 196 valence electrons. The van der Waals surface area contributed by atoms with Gasteiger partial charge in [-0.2, -0.15) is 4.98 Å². The number of halogens is 2. The molecule has 2 bridgehead atoms. The van der Waals surface area contributed by atoms with Crippen molar-refractivity contribution in [3.05, 3.63) is 56.6 Å². The van der Waals surface area contributed by atoms with E-state index in [4.69, 9.17) is 37.0 Å². The summed E-state index contributed by atoms with van der Waals surface area (Å²) in [5.74, 6) is 1.79. The highest BCUT2D eigenvalue weighted by atomic mass is 35.5. The van der Waals surface area contributed by atoms with Crippen LogP contribution >= 0.6 is 34.5 Å². The summed E-state index contributed by atoms with van der Waals surface area (Å²) in [5.41, 5.74) is 2.32. The molecule has 0 amide bonds. The average molecular weight is 571 g/mol. The van der Waals surface area contributed by atoms with Gasteiger partial charge in [-0.25, -0.2) is 0 Å². The molecule has 4 aromatic rings. The first kappa shape index (κ1) is 24.3. The van der Waals surface area contributed by atoms with Crippen molar-refractivity contribution in [1.29, 1.82) is 0 Å². The number of nitrogens with zero attached hydrogens (tertiary/aromatic N) is 4. The number of carbonyl (C=O) groups excluding carboxylic acids is 1. The van der Waals surface area contributed by atoms with Crippen LogP contribution in [0, 0.1) is 0 Å². The lowest BCUT2D eigenvalue weighted by Gasteiger charge is -2.37. The number of thiophene rings is 1. The highest BCUT2D eigenvalue weighted by molar-refractivity contribution is 7.16. The van der Waals surface area contributed by atoms with Crippen molar-refractivity contribution in [3.63, 3.8) is 0 Å².